The third-order valence-electron chi connectivity index (χ3n) is 4.33. The number of rotatable bonds is 5. The van der Waals surface area contributed by atoms with Crippen LogP contribution in [0.25, 0.3) is 11.0 Å². The summed E-state index contributed by atoms with van der Waals surface area (Å²) in [5.74, 6) is 0.0386. The van der Waals surface area contributed by atoms with Gasteiger partial charge in [-0.25, -0.2) is 4.98 Å². The summed E-state index contributed by atoms with van der Waals surface area (Å²) in [5, 5.41) is 10.3. The molecule has 0 amide bonds. The number of Topliss-reactive ketones (excluding diaryl/α,β-unsaturated/α-hetero) is 1. The second-order valence-electron chi connectivity index (χ2n) is 6.14. The van der Waals surface area contributed by atoms with E-state index < -0.39 is 5.97 Å². The van der Waals surface area contributed by atoms with E-state index in [2.05, 4.69) is 19.7 Å². The van der Waals surface area contributed by atoms with Crippen molar-refractivity contribution in [1.82, 2.24) is 9.97 Å². The molecule has 1 saturated carbocycles. The Morgan fingerprint density at radius 2 is 2.12 bits per heavy atom. The number of para-hydroxylation sites is 2. The van der Waals surface area contributed by atoms with Gasteiger partial charge in [0.05, 0.1) is 36.7 Å². The van der Waals surface area contributed by atoms with E-state index in [9.17, 15) is 14.7 Å². The summed E-state index contributed by atoms with van der Waals surface area (Å²) < 4.78 is 4.58. The van der Waals surface area contributed by atoms with E-state index >= 15 is 0 Å². The second-order valence-corrected chi connectivity index (χ2v) is 6.14. The highest BCUT2D eigenvalue weighted by Gasteiger charge is 2.25. The number of allylic oxidation sites excluding steroid dienone is 2. The fraction of sp³-hybridized carbons (Fsp3) is 0.368. The highest BCUT2D eigenvalue weighted by atomic mass is 16.5. The number of ketones is 1. The van der Waals surface area contributed by atoms with Crippen LogP contribution in [0.4, 0.5) is 0 Å². The lowest BCUT2D eigenvalue weighted by atomic mass is 9.89. The first-order valence-corrected chi connectivity index (χ1v) is 8.58. The maximum Gasteiger partial charge on any atom is 0.305 e. The molecule has 1 aliphatic rings. The number of aliphatic hydroxyl groups is 1. The molecule has 1 aliphatic carbocycles. The summed E-state index contributed by atoms with van der Waals surface area (Å²) >= 11 is 0. The summed E-state index contributed by atoms with van der Waals surface area (Å²) in [6.45, 7) is 0.297. The number of aliphatic hydroxyl groups excluding tert-OH is 1. The van der Waals surface area contributed by atoms with Gasteiger partial charge < -0.3 is 14.8 Å². The number of imidazole rings is 1. The first kappa shape index (κ1) is 17.8. The highest BCUT2D eigenvalue weighted by molar-refractivity contribution is 6.24. The van der Waals surface area contributed by atoms with Gasteiger partial charge in [-0.3, -0.25) is 14.6 Å². The molecule has 3 rings (SSSR count). The lowest BCUT2D eigenvalue weighted by Crippen LogP contribution is -2.22. The molecule has 0 spiro atoms. The number of benzene rings is 1. The van der Waals surface area contributed by atoms with Crippen LogP contribution in [-0.2, 0) is 20.9 Å². The molecule has 2 N–H and O–H groups in total. The summed E-state index contributed by atoms with van der Waals surface area (Å²) in [7, 11) is 1.29. The van der Waals surface area contributed by atoms with Crippen LogP contribution in [0.5, 0.6) is 0 Å². The van der Waals surface area contributed by atoms with Crippen molar-refractivity contribution < 1.29 is 19.4 Å². The van der Waals surface area contributed by atoms with Gasteiger partial charge in [-0.2, -0.15) is 0 Å². The number of carbonyl (C=O) groups excluding carboxylic acids is 2. The van der Waals surface area contributed by atoms with Gasteiger partial charge in [0.1, 0.15) is 11.6 Å². The molecule has 136 valence electrons. The Bertz CT molecular complexity index is 862. The van der Waals surface area contributed by atoms with Crippen LogP contribution >= 0.6 is 0 Å². The fourth-order valence-corrected chi connectivity index (χ4v) is 3.01. The fourth-order valence-electron chi connectivity index (χ4n) is 3.01. The highest BCUT2D eigenvalue weighted by Crippen LogP contribution is 2.23. The minimum Gasteiger partial charge on any atom is -0.511 e. The predicted octanol–water partition coefficient (Wildman–Crippen LogP) is 3.02. The number of nitrogens with zero attached hydrogens (tertiary/aromatic N) is 2. The van der Waals surface area contributed by atoms with Crippen LogP contribution in [0.3, 0.4) is 0 Å². The van der Waals surface area contributed by atoms with Crippen molar-refractivity contribution in [3.63, 3.8) is 0 Å². The number of aromatic nitrogens is 2. The quantitative estimate of drug-likeness (QED) is 0.487. The molecule has 7 nitrogen and oxygen atoms in total. The Morgan fingerprint density at radius 1 is 1.31 bits per heavy atom. The Kier molecular flexibility index (Phi) is 5.46. The Morgan fingerprint density at radius 3 is 2.88 bits per heavy atom. The first-order valence-electron chi connectivity index (χ1n) is 8.58. The monoisotopic (exact) mass is 355 g/mol. The lowest BCUT2D eigenvalue weighted by Gasteiger charge is -2.17. The molecule has 1 fully saturated rings. The van der Waals surface area contributed by atoms with E-state index in [-0.39, 0.29) is 30.0 Å². The van der Waals surface area contributed by atoms with Crippen LogP contribution in [0.1, 0.15) is 37.9 Å². The minimum atomic E-state index is -0.429. The van der Waals surface area contributed by atoms with E-state index in [4.69, 9.17) is 0 Å². The van der Waals surface area contributed by atoms with Crippen molar-refractivity contribution in [2.24, 2.45) is 4.99 Å². The topological polar surface area (TPSA) is 105 Å². The van der Waals surface area contributed by atoms with Gasteiger partial charge in [0.2, 0.25) is 0 Å². The molecule has 7 heteroatoms. The number of nitrogens with one attached hydrogen (secondary N) is 1. The van der Waals surface area contributed by atoms with E-state index in [1.807, 2.05) is 24.3 Å². The second kappa shape index (κ2) is 7.95. The predicted molar refractivity (Wildman–Crippen MR) is 97.0 cm³/mol. The number of hydrogen-bond acceptors (Lipinski definition) is 6. The molecule has 0 bridgehead atoms. The van der Waals surface area contributed by atoms with Crippen molar-refractivity contribution in [3.8, 4) is 0 Å². The average molecular weight is 355 g/mol. The normalized spacial score (nSPS) is 18.3. The van der Waals surface area contributed by atoms with Gasteiger partial charge in [-0.1, -0.05) is 12.1 Å². The molecule has 0 aliphatic heterocycles. The molecule has 1 aromatic carbocycles. The maximum absolute atomic E-state index is 12.3. The van der Waals surface area contributed by atoms with Gasteiger partial charge >= 0.3 is 5.97 Å². The number of esters is 1. The van der Waals surface area contributed by atoms with Gasteiger partial charge in [0.25, 0.3) is 0 Å². The number of hydrogen-bond donors (Lipinski definition) is 2. The van der Waals surface area contributed by atoms with Crippen LogP contribution < -0.4 is 0 Å². The third kappa shape index (κ3) is 3.99. The van der Waals surface area contributed by atoms with E-state index in [1.165, 1.54) is 7.11 Å². The molecule has 2 aromatic rings. The Balaban J connectivity index is 1.81. The number of ether oxygens (including phenoxy) is 1. The maximum atomic E-state index is 12.3. The summed E-state index contributed by atoms with van der Waals surface area (Å²) in [6, 6.07) is 7.69. The number of methoxy groups -OCH3 is 1. The van der Waals surface area contributed by atoms with Crippen molar-refractivity contribution in [1.29, 1.82) is 0 Å². The zero-order valence-corrected chi connectivity index (χ0v) is 14.6. The van der Waals surface area contributed by atoms with E-state index in [1.54, 1.807) is 0 Å². The van der Waals surface area contributed by atoms with Gasteiger partial charge in [-0.05, 0) is 25.0 Å². The molecule has 0 atom stereocenters. The van der Waals surface area contributed by atoms with Crippen molar-refractivity contribution >= 4 is 28.5 Å². The standard InChI is InChI=1S/C19H21N3O4/c1-26-18(25)10-9-16(24)19-14(7-4-8-15(19)23)20-11-17-21-12-5-2-3-6-13(12)22-17/h2-3,5-6,24H,4,7-11H2,1H3,(H,21,22). The van der Waals surface area contributed by atoms with Crippen LogP contribution in [0.15, 0.2) is 40.6 Å². The zero-order chi connectivity index (χ0) is 18.5. The Hall–Kier alpha value is -2.96. The van der Waals surface area contributed by atoms with Crippen LogP contribution in [0.2, 0.25) is 0 Å². The zero-order valence-electron chi connectivity index (χ0n) is 14.6. The lowest BCUT2D eigenvalue weighted by molar-refractivity contribution is -0.140. The third-order valence-corrected chi connectivity index (χ3v) is 4.33. The number of H-pyrrole nitrogens is 1. The number of aliphatic imine (C=N–C) groups is 1. The van der Waals surface area contributed by atoms with E-state index in [0.717, 1.165) is 11.0 Å². The van der Waals surface area contributed by atoms with Crippen LogP contribution in [-0.4, -0.2) is 39.6 Å². The van der Waals surface area contributed by atoms with E-state index in [0.29, 0.717) is 37.3 Å². The summed E-state index contributed by atoms with van der Waals surface area (Å²) in [5.41, 5.74) is 2.61. The van der Waals surface area contributed by atoms with Crippen LogP contribution in [0, 0.1) is 0 Å². The summed E-state index contributed by atoms with van der Waals surface area (Å²) in [6.07, 6.45) is 1.78. The molecule has 1 aromatic heterocycles. The van der Waals surface area contributed by atoms with Crippen molar-refractivity contribution in [2.75, 3.05) is 7.11 Å². The molecular weight excluding hydrogens is 334 g/mol. The van der Waals surface area contributed by atoms with Gasteiger partial charge in [0.15, 0.2) is 5.78 Å². The molecular formula is C19H21N3O4. The van der Waals surface area contributed by atoms with Gasteiger partial charge in [0, 0.05) is 18.6 Å². The number of fused-ring (bicyclic) bond motifs is 1. The molecule has 0 unspecified atom stereocenters. The van der Waals surface area contributed by atoms with Crippen molar-refractivity contribution in [2.45, 2.75) is 38.6 Å². The minimum absolute atomic E-state index is 0.0238. The van der Waals surface area contributed by atoms with Gasteiger partial charge in [-0.15, -0.1) is 0 Å². The SMILES string of the molecule is COC(=O)CCC(O)=C1C(=O)CCCC1=NCc1nc2ccccc2[nH]1. The molecule has 1 heterocycles. The van der Waals surface area contributed by atoms with Crippen molar-refractivity contribution in [3.05, 3.63) is 41.4 Å². The largest absolute Gasteiger partial charge is 0.511 e. The number of aromatic amines is 1. The molecule has 0 radical (unpaired) electrons. The molecule has 26 heavy (non-hydrogen) atoms. The number of carbonyl (C=O) groups is 2. The average Bonchev–Trinajstić information content (AvgIpc) is 3.07. The summed E-state index contributed by atoms with van der Waals surface area (Å²) in [4.78, 5) is 35.7. The Labute approximate surface area is 150 Å². The molecule has 0 saturated heterocycles. The smallest absolute Gasteiger partial charge is 0.305 e. The first-order chi connectivity index (χ1) is 12.6.